The van der Waals surface area contributed by atoms with Gasteiger partial charge in [-0.15, -0.1) is 0 Å². The maximum atomic E-state index is 11.3. The first-order chi connectivity index (χ1) is 5.96. The summed E-state index contributed by atoms with van der Waals surface area (Å²) >= 11 is 0. The zero-order valence-corrected chi connectivity index (χ0v) is 8.31. The first-order valence-electron chi connectivity index (χ1n) is 4.17. The lowest BCUT2D eigenvalue weighted by Crippen LogP contribution is -2.54. The van der Waals surface area contributed by atoms with Gasteiger partial charge in [0, 0.05) is 0 Å². The van der Waals surface area contributed by atoms with Gasteiger partial charge in [0.25, 0.3) is 0 Å². The highest BCUT2D eigenvalue weighted by Crippen LogP contribution is 2.13. The Labute approximate surface area is 78.1 Å². The van der Waals surface area contributed by atoms with Gasteiger partial charge >= 0.3 is 5.97 Å². The number of hydrogen-bond donors (Lipinski definition) is 3. The number of nitrogens with two attached hydrogens (primary N) is 1. The van der Waals surface area contributed by atoms with Gasteiger partial charge in [-0.25, -0.2) is 4.79 Å². The number of rotatable bonds is 4. The van der Waals surface area contributed by atoms with Crippen molar-refractivity contribution in [2.75, 3.05) is 7.11 Å². The molecule has 0 radical (unpaired) electrons. The summed E-state index contributed by atoms with van der Waals surface area (Å²) in [5.74, 6) is -0.620. The third kappa shape index (κ3) is 3.31. The van der Waals surface area contributed by atoms with Crippen LogP contribution in [-0.4, -0.2) is 24.6 Å². The average Bonchev–Trinajstić information content (AvgIpc) is 2.02. The van der Waals surface area contributed by atoms with E-state index in [-0.39, 0.29) is 5.96 Å². The Balaban J connectivity index is 4.50. The molecule has 0 aliphatic rings. The Morgan fingerprint density at radius 3 is 2.54 bits per heavy atom. The molecule has 0 aliphatic heterocycles. The molecule has 0 saturated heterocycles. The normalized spacial score (nSPS) is 14.4. The quantitative estimate of drug-likeness (QED) is 0.333. The van der Waals surface area contributed by atoms with E-state index >= 15 is 0 Å². The van der Waals surface area contributed by atoms with E-state index < -0.39 is 11.5 Å². The molecule has 0 saturated carbocycles. The predicted octanol–water partition coefficient (Wildman–Crippen LogP) is 0.201. The second-order valence-electron chi connectivity index (χ2n) is 3.11. The molecule has 0 aromatic heterocycles. The molecule has 0 amide bonds. The van der Waals surface area contributed by atoms with Crippen LogP contribution in [0.25, 0.3) is 0 Å². The number of ether oxygens (including phenoxy) is 1. The van der Waals surface area contributed by atoms with E-state index in [2.05, 4.69) is 10.1 Å². The van der Waals surface area contributed by atoms with E-state index in [4.69, 9.17) is 11.1 Å². The highest BCUT2D eigenvalue weighted by atomic mass is 16.5. The van der Waals surface area contributed by atoms with Crippen molar-refractivity contribution in [1.82, 2.24) is 5.32 Å². The largest absolute Gasteiger partial charge is 0.467 e. The summed E-state index contributed by atoms with van der Waals surface area (Å²) < 4.78 is 4.62. The number of guanidine groups is 1. The molecule has 76 valence electrons. The van der Waals surface area contributed by atoms with Crippen LogP contribution in [0.3, 0.4) is 0 Å². The second-order valence-corrected chi connectivity index (χ2v) is 3.11. The molecule has 5 nitrogen and oxygen atoms in total. The zero-order valence-electron chi connectivity index (χ0n) is 8.31. The summed E-state index contributed by atoms with van der Waals surface area (Å²) in [6, 6.07) is 0. The van der Waals surface area contributed by atoms with Gasteiger partial charge in [-0.1, -0.05) is 13.3 Å². The number of carbonyl (C=O) groups excluding carboxylic acids is 1. The summed E-state index contributed by atoms with van der Waals surface area (Å²) in [6.45, 7) is 3.62. The van der Waals surface area contributed by atoms with Crippen molar-refractivity contribution in [1.29, 1.82) is 5.41 Å². The van der Waals surface area contributed by atoms with Crippen molar-refractivity contribution >= 4 is 11.9 Å². The molecule has 0 rings (SSSR count). The first kappa shape index (κ1) is 11.7. The summed E-state index contributed by atoms with van der Waals surface area (Å²) in [4.78, 5) is 11.3. The van der Waals surface area contributed by atoms with Crippen LogP contribution >= 0.6 is 0 Å². The summed E-state index contributed by atoms with van der Waals surface area (Å²) in [5.41, 5.74) is 4.29. The maximum Gasteiger partial charge on any atom is 0.331 e. The van der Waals surface area contributed by atoms with Crippen molar-refractivity contribution < 1.29 is 9.53 Å². The van der Waals surface area contributed by atoms with Crippen molar-refractivity contribution in [3.63, 3.8) is 0 Å². The molecular formula is C8H17N3O2. The monoisotopic (exact) mass is 187 g/mol. The first-order valence-corrected chi connectivity index (χ1v) is 4.17. The second kappa shape index (κ2) is 4.69. The minimum Gasteiger partial charge on any atom is -0.467 e. The Bertz CT molecular complexity index is 206. The smallest absolute Gasteiger partial charge is 0.331 e. The van der Waals surface area contributed by atoms with Crippen LogP contribution in [0.15, 0.2) is 0 Å². The van der Waals surface area contributed by atoms with E-state index in [0.717, 1.165) is 6.42 Å². The van der Waals surface area contributed by atoms with Crippen LogP contribution in [-0.2, 0) is 9.53 Å². The number of esters is 1. The average molecular weight is 187 g/mol. The Morgan fingerprint density at radius 1 is 1.69 bits per heavy atom. The zero-order chi connectivity index (χ0) is 10.5. The van der Waals surface area contributed by atoms with Crippen LogP contribution < -0.4 is 11.1 Å². The van der Waals surface area contributed by atoms with Crippen LogP contribution in [0.2, 0.25) is 0 Å². The van der Waals surface area contributed by atoms with Crippen LogP contribution in [0.1, 0.15) is 26.7 Å². The fraction of sp³-hybridized carbons (Fsp3) is 0.750. The minimum absolute atomic E-state index is 0.221. The highest BCUT2D eigenvalue weighted by Gasteiger charge is 2.33. The fourth-order valence-corrected chi connectivity index (χ4v) is 1.24. The third-order valence-electron chi connectivity index (χ3n) is 1.80. The van der Waals surface area contributed by atoms with Crippen LogP contribution in [0.4, 0.5) is 0 Å². The molecule has 5 heteroatoms. The van der Waals surface area contributed by atoms with Crippen LogP contribution in [0.5, 0.6) is 0 Å². The van der Waals surface area contributed by atoms with E-state index in [0.29, 0.717) is 6.42 Å². The van der Waals surface area contributed by atoms with Gasteiger partial charge in [0.1, 0.15) is 5.54 Å². The summed E-state index contributed by atoms with van der Waals surface area (Å²) in [7, 11) is 1.32. The van der Waals surface area contributed by atoms with Gasteiger partial charge in [0.2, 0.25) is 0 Å². The van der Waals surface area contributed by atoms with E-state index in [1.807, 2.05) is 6.92 Å². The van der Waals surface area contributed by atoms with Gasteiger partial charge in [-0.3, -0.25) is 5.41 Å². The van der Waals surface area contributed by atoms with Gasteiger partial charge < -0.3 is 15.8 Å². The van der Waals surface area contributed by atoms with Crippen LogP contribution in [0, 0.1) is 5.41 Å². The molecule has 0 aliphatic carbocycles. The Kier molecular flexibility index (Phi) is 4.23. The highest BCUT2D eigenvalue weighted by molar-refractivity contribution is 5.87. The topological polar surface area (TPSA) is 88.2 Å². The molecule has 0 heterocycles. The van der Waals surface area contributed by atoms with Crippen molar-refractivity contribution in [3.05, 3.63) is 0 Å². The minimum atomic E-state index is -0.880. The lowest BCUT2D eigenvalue weighted by Gasteiger charge is -2.27. The Hall–Kier alpha value is -1.26. The van der Waals surface area contributed by atoms with E-state index in [1.54, 1.807) is 6.92 Å². The number of carbonyl (C=O) groups is 1. The molecular weight excluding hydrogens is 170 g/mol. The summed E-state index contributed by atoms with van der Waals surface area (Å²) in [6.07, 6.45) is 1.39. The van der Waals surface area contributed by atoms with Gasteiger partial charge in [-0.05, 0) is 13.3 Å². The van der Waals surface area contributed by atoms with E-state index in [1.165, 1.54) is 7.11 Å². The Morgan fingerprint density at radius 2 is 2.23 bits per heavy atom. The molecule has 0 fully saturated rings. The fourth-order valence-electron chi connectivity index (χ4n) is 1.24. The van der Waals surface area contributed by atoms with Crippen molar-refractivity contribution in [2.45, 2.75) is 32.2 Å². The van der Waals surface area contributed by atoms with Gasteiger partial charge in [0.15, 0.2) is 5.96 Å². The lowest BCUT2D eigenvalue weighted by molar-refractivity contribution is -0.147. The molecule has 0 bridgehead atoms. The molecule has 4 N–H and O–H groups in total. The SMILES string of the molecule is CCCC(C)(NC(=N)N)C(=O)OC. The molecule has 1 atom stereocenters. The molecule has 13 heavy (non-hydrogen) atoms. The lowest BCUT2D eigenvalue weighted by atomic mass is 9.96. The van der Waals surface area contributed by atoms with Crippen molar-refractivity contribution in [2.24, 2.45) is 5.73 Å². The van der Waals surface area contributed by atoms with Gasteiger partial charge in [0.05, 0.1) is 7.11 Å². The summed E-state index contributed by atoms with van der Waals surface area (Å²) in [5, 5.41) is 9.65. The predicted molar refractivity (Wildman–Crippen MR) is 50.4 cm³/mol. The third-order valence-corrected chi connectivity index (χ3v) is 1.80. The molecule has 0 aromatic carbocycles. The number of nitrogens with one attached hydrogen (secondary N) is 2. The standard InChI is InChI=1S/C8H17N3O2/c1-4-5-8(2,6(12)13-3)11-7(9)10/h4-5H2,1-3H3,(H4,9,10,11). The number of hydrogen-bond acceptors (Lipinski definition) is 3. The van der Waals surface area contributed by atoms with E-state index in [9.17, 15) is 4.79 Å². The number of methoxy groups -OCH3 is 1. The molecule has 0 aromatic rings. The van der Waals surface area contributed by atoms with Crippen molar-refractivity contribution in [3.8, 4) is 0 Å². The molecule has 0 spiro atoms. The molecule has 1 unspecified atom stereocenters. The maximum absolute atomic E-state index is 11.3. The van der Waals surface area contributed by atoms with Gasteiger partial charge in [-0.2, -0.15) is 0 Å².